The number of hydrogen-bond acceptors (Lipinski definition) is 3. The summed E-state index contributed by atoms with van der Waals surface area (Å²) in [6, 6.07) is 4.92. The predicted molar refractivity (Wildman–Crippen MR) is 87.1 cm³/mol. The summed E-state index contributed by atoms with van der Waals surface area (Å²) in [5.74, 6) is -1.10. The average molecular weight is 341 g/mol. The molecule has 0 atom stereocenters. The van der Waals surface area contributed by atoms with E-state index >= 15 is 0 Å². The van der Waals surface area contributed by atoms with E-state index in [0.717, 1.165) is 0 Å². The minimum Gasteiger partial charge on any atom is -0.298 e. The lowest BCUT2D eigenvalue weighted by molar-refractivity contribution is -0.128. The van der Waals surface area contributed by atoms with Crippen LogP contribution >= 0.6 is 35.4 Å². The molecule has 108 valence electrons. The molecule has 1 N–H and O–H groups in total. The van der Waals surface area contributed by atoms with Crippen molar-refractivity contribution in [3.63, 3.8) is 0 Å². The summed E-state index contributed by atoms with van der Waals surface area (Å²) in [4.78, 5) is 25.5. The predicted octanol–water partition coefficient (Wildman–Crippen LogP) is 2.81. The van der Waals surface area contributed by atoms with Crippen molar-refractivity contribution < 1.29 is 9.59 Å². The molecule has 21 heavy (non-hydrogen) atoms. The normalized spacial score (nSPS) is 17.1. The first-order valence-corrected chi connectivity index (χ1v) is 7.06. The number of carbonyl (C=O) groups excluding carboxylic acids is 2. The van der Waals surface area contributed by atoms with Crippen LogP contribution in [0.1, 0.15) is 5.56 Å². The fraction of sp³-hybridized carbons (Fsp3) is 0.0714. The Kier molecular flexibility index (Phi) is 4.77. The third-order valence-electron chi connectivity index (χ3n) is 2.79. The Balaban J connectivity index is 2.48. The van der Waals surface area contributed by atoms with Gasteiger partial charge in [-0.15, -0.1) is 6.58 Å². The van der Waals surface area contributed by atoms with E-state index in [2.05, 4.69) is 11.9 Å². The van der Waals surface area contributed by atoms with Gasteiger partial charge in [0.1, 0.15) is 5.57 Å². The van der Waals surface area contributed by atoms with Crippen LogP contribution in [0.3, 0.4) is 0 Å². The molecular formula is C14H10Cl2N2O2S. The van der Waals surface area contributed by atoms with Gasteiger partial charge in [0, 0.05) is 22.2 Å². The Hall–Kier alpha value is -1.69. The van der Waals surface area contributed by atoms with Crippen LogP contribution in [0.4, 0.5) is 0 Å². The number of carbonyl (C=O) groups is 2. The van der Waals surface area contributed by atoms with Gasteiger partial charge in [-0.3, -0.25) is 19.8 Å². The van der Waals surface area contributed by atoms with Crippen molar-refractivity contribution in [3.8, 4) is 0 Å². The van der Waals surface area contributed by atoms with Gasteiger partial charge in [-0.2, -0.15) is 0 Å². The van der Waals surface area contributed by atoms with Crippen molar-refractivity contribution in [1.29, 1.82) is 0 Å². The number of nitrogens with one attached hydrogen (secondary N) is 1. The smallest absolute Gasteiger partial charge is 0.265 e. The van der Waals surface area contributed by atoms with Crippen molar-refractivity contribution >= 4 is 58.4 Å². The largest absolute Gasteiger partial charge is 0.298 e. The van der Waals surface area contributed by atoms with Crippen molar-refractivity contribution in [1.82, 2.24) is 10.2 Å². The van der Waals surface area contributed by atoms with Crippen molar-refractivity contribution in [2.45, 2.75) is 0 Å². The number of nitrogens with zero attached hydrogens (tertiary/aromatic N) is 1. The van der Waals surface area contributed by atoms with Crippen LogP contribution in [0.25, 0.3) is 6.08 Å². The van der Waals surface area contributed by atoms with Crippen LogP contribution in [-0.2, 0) is 9.59 Å². The second kappa shape index (κ2) is 6.39. The van der Waals surface area contributed by atoms with E-state index in [9.17, 15) is 9.59 Å². The van der Waals surface area contributed by atoms with Crippen molar-refractivity contribution in [2.24, 2.45) is 0 Å². The molecule has 1 aliphatic rings. The monoisotopic (exact) mass is 340 g/mol. The molecule has 0 unspecified atom stereocenters. The lowest BCUT2D eigenvalue weighted by Crippen LogP contribution is -2.53. The molecule has 0 aliphatic carbocycles. The number of thiocarbonyl (C=S) groups is 1. The molecule has 0 saturated carbocycles. The summed E-state index contributed by atoms with van der Waals surface area (Å²) < 4.78 is 0. The Morgan fingerprint density at radius 2 is 1.90 bits per heavy atom. The fourth-order valence-corrected chi connectivity index (χ4v) is 2.54. The third kappa shape index (κ3) is 3.15. The van der Waals surface area contributed by atoms with E-state index in [1.54, 1.807) is 18.2 Å². The Labute approximate surface area is 137 Å². The van der Waals surface area contributed by atoms with E-state index in [0.29, 0.717) is 15.6 Å². The maximum Gasteiger partial charge on any atom is 0.265 e. The van der Waals surface area contributed by atoms with Gasteiger partial charge in [0.15, 0.2) is 5.11 Å². The van der Waals surface area contributed by atoms with Crippen LogP contribution in [0, 0.1) is 0 Å². The molecule has 0 radical (unpaired) electrons. The van der Waals surface area contributed by atoms with Gasteiger partial charge < -0.3 is 0 Å². The summed E-state index contributed by atoms with van der Waals surface area (Å²) >= 11 is 17.0. The van der Waals surface area contributed by atoms with Crippen LogP contribution in [0.2, 0.25) is 10.0 Å². The van der Waals surface area contributed by atoms with Crippen LogP contribution in [0.15, 0.2) is 36.4 Å². The number of hydrogen-bond donors (Lipinski definition) is 1. The highest BCUT2D eigenvalue weighted by atomic mass is 35.5. The molecule has 0 bridgehead atoms. The molecule has 1 aromatic carbocycles. The lowest BCUT2D eigenvalue weighted by Gasteiger charge is -2.27. The van der Waals surface area contributed by atoms with Crippen molar-refractivity contribution in [3.05, 3.63) is 52.0 Å². The topological polar surface area (TPSA) is 49.4 Å². The van der Waals surface area contributed by atoms with Gasteiger partial charge >= 0.3 is 0 Å². The Morgan fingerprint density at radius 3 is 2.48 bits per heavy atom. The summed E-state index contributed by atoms with van der Waals surface area (Å²) in [5, 5.41) is 3.19. The van der Waals surface area contributed by atoms with Gasteiger partial charge in [0.05, 0.1) is 0 Å². The average Bonchev–Trinajstić information content (AvgIpc) is 2.42. The maximum absolute atomic E-state index is 12.3. The molecule has 1 aromatic rings. The molecule has 1 heterocycles. The van der Waals surface area contributed by atoms with Gasteiger partial charge in [-0.25, -0.2) is 0 Å². The number of amides is 2. The van der Waals surface area contributed by atoms with E-state index < -0.39 is 11.8 Å². The molecular weight excluding hydrogens is 331 g/mol. The van der Waals surface area contributed by atoms with E-state index in [-0.39, 0.29) is 17.2 Å². The van der Waals surface area contributed by atoms with Gasteiger partial charge in [0.2, 0.25) is 0 Å². The first-order chi connectivity index (χ1) is 9.95. The van der Waals surface area contributed by atoms with Gasteiger partial charge in [-0.05, 0) is 30.4 Å². The first-order valence-electron chi connectivity index (χ1n) is 5.89. The second-order valence-electron chi connectivity index (χ2n) is 4.16. The van der Waals surface area contributed by atoms with Gasteiger partial charge in [0.25, 0.3) is 11.8 Å². The highest BCUT2D eigenvalue weighted by Gasteiger charge is 2.32. The third-order valence-corrected chi connectivity index (χ3v) is 3.77. The minimum absolute atomic E-state index is 0.0484. The van der Waals surface area contributed by atoms with E-state index in [1.807, 2.05) is 0 Å². The van der Waals surface area contributed by atoms with E-state index in [1.165, 1.54) is 17.1 Å². The second-order valence-corrected chi connectivity index (χ2v) is 5.36. The summed E-state index contributed by atoms with van der Waals surface area (Å²) in [6.45, 7) is 3.75. The zero-order chi connectivity index (χ0) is 15.6. The molecule has 7 heteroatoms. The molecule has 2 rings (SSSR count). The molecule has 4 nitrogen and oxygen atoms in total. The maximum atomic E-state index is 12.3. The summed E-state index contributed by atoms with van der Waals surface area (Å²) in [6.07, 6.45) is 2.88. The molecule has 1 fully saturated rings. The lowest BCUT2D eigenvalue weighted by atomic mass is 10.1. The highest BCUT2D eigenvalue weighted by Crippen LogP contribution is 2.27. The number of rotatable bonds is 3. The minimum atomic E-state index is -0.582. The number of benzene rings is 1. The fourth-order valence-electron chi connectivity index (χ4n) is 1.78. The molecule has 0 aromatic heterocycles. The summed E-state index contributed by atoms with van der Waals surface area (Å²) in [7, 11) is 0. The quantitative estimate of drug-likeness (QED) is 0.398. The van der Waals surface area contributed by atoms with Crippen LogP contribution in [0.5, 0.6) is 0 Å². The molecule has 0 spiro atoms. The SMILES string of the molecule is C=CCN1C(=O)C(=Cc2c(Cl)cccc2Cl)C(=O)NC1=S. The summed E-state index contributed by atoms with van der Waals surface area (Å²) in [5.41, 5.74) is 0.325. The first kappa shape index (κ1) is 15.7. The Morgan fingerprint density at radius 1 is 1.29 bits per heavy atom. The number of halogens is 2. The molecule has 2 amide bonds. The van der Waals surface area contributed by atoms with Crippen LogP contribution < -0.4 is 5.32 Å². The Bertz CT molecular complexity index is 665. The standard InChI is InChI=1S/C14H10Cl2N2O2S/c1-2-6-18-13(20)9(12(19)17-14(18)21)7-8-10(15)4-3-5-11(8)16/h2-5,7H,1,6H2,(H,17,19,21). The molecule has 1 saturated heterocycles. The molecule has 1 aliphatic heterocycles. The zero-order valence-electron chi connectivity index (χ0n) is 10.7. The zero-order valence-corrected chi connectivity index (χ0v) is 13.1. The highest BCUT2D eigenvalue weighted by molar-refractivity contribution is 7.80. The van der Waals surface area contributed by atoms with E-state index in [4.69, 9.17) is 35.4 Å². The van der Waals surface area contributed by atoms with Crippen LogP contribution in [-0.4, -0.2) is 28.4 Å². The van der Waals surface area contributed by atoms with Crippen molar-refractivity contribution in [2.75, 3.05) is 6.54 Å². The van der Waals surface area contributed by atoms with Gasteiger partial charge in [-0.1, -0.05) is 35.3 Å².